The number of amides is 1. The molecule has 34 heavy (non-hydrogen) atoms. The lowest BCUT2D eigenvalue weighted by atomic mass is 10.1. The first-order chi connectivity index (χ1) is 16.5. The Labute approximate surface area is 196 Å². The van der Waals surface area contributed by atoms with Crippen LogP contribution in [0.2, 0.25) is 0 Å². The molecular formula is C25H22N7O2. The first kappa shape index (κ1) is 20.3. The molecule has 1 radical (unpaired) electrons. The number of ether oxygens (including phenoxy) is 1. The summed E-state index contributed by atoms with van der Waals surface area (Å²) in [6.07, 6.45) is 8.67. The van der Waals surface area contributed by atoms with Crippen molar-refractivity contribution < 1.29 is 9.53 Å². The lowest BCUT2D eigenvalue weighted by Crippen LogP contribution is -2.33. The number of pyridine rings is 2. The Morgan fingerprint density at radius 1 is 1.21 bits per heavy atom. The van der Waals surface area contributed by atoms with E-state index in [0.717, 1.165) is 40.3 Å². The molecule has 2 fully saturated rings. The maximum atomic E-state index is 11.9. The molecular weight excluding hydrogens is 430 g/mol. The summed E-state index contributed by atoms with van der Waals surface area (Å²) in [5.74, 6) is 2.83. The standard InChI is InChI=1S/C25H22N7O2/c1-15-7-17(4-5-21(15)34-18-3-2-6-27-10-18)31-23-19-8-22(28-11-20(19)29-14-30-23)32-12-16-9-25(16,13-32)24(26)33/h2-11,14,16H,12-13H2,1H3,(H2,26,33)(H,29,30,31). The largest absolute Gasteiger partial charge is 0.455 e. The molecule has 1 saturated heterocycles. The molecule has 6 rings (SSSR count). The molecule has 0 bridgehead atoms. The Balaban J connectivity index is 1.26. The third kappa shape index (κ3) is 3.45. The van der Waals surface area contributed by atoms with Gasteiger partial charge in [0.05, 0.1) is 23.3 Å². The zero-order valence-corrected chi connectivity index (χ0v) is 18.5. The molecule has 2 atom stereocenters. The van der Waals surface area contributed by atoms with Crippen molar-refractivity contribution in [3.05, 3.63) is 73.3 Å². The van der Waals surface area contributed by atoms with Crippen molar-refractivity contribution in [2.75, 3.05) is 23.3 Å². The van der Waals surface area contributed by atoms with Crippen LogP contribution in [0.5, 0.6) is 11.5 Å². The van der Waals surface area contributed by atoms with Crippen LogP contribution >= 0.6 is 0 Å². The van der Waals surface area contributed by atoms with Gasteiger partial charge in [0.15, 0.2) is 0 Å². The molecule has 2 unspecified atom stereocenters. The van der Waals surface area contributed by atoms with Crippen LogP contribution in [0, 0.1) is 24.7 Å². The van der Waals surface area contributed by atoms with Gasteiger partial charge >= 0.3 is 0 Å². The van der Waals surface area contributed by atoms with Gasteiger partial charge in [-0.25, -0.2) is 15.0 Å². The summed E-state index contributed by atoms with van der Waals surface area (Å²) in [4.78, 5) is 31.4. The fourth-order valence-electron chi connectivity index (χ4n) is 4.56. The first-order valence-corrected chi connectivity index (χ1v) is 11.0. The molecule has 4 heterocycles. The summed E-state index contributed by atoms with van der Waals surface area (Å²) < 4.78 is 5.93. The van der Waals surface area contributed by atoms with E-state index < -0.39 is 5.41 Å². The number of benzene rings is 1. The van der Waals surface area contributed by atoms with Gasteiger partial charge in [0.25, 0.3) is 0 Å². The van der Waals surface area contributed by atoms with Crippen molar-refractivity contribution >= 4 is 34.1 Å². The Kier molecular flexibility index (Phi) is 4.58. The lowest BCUT2D eigenvalue weighted by Gasteiger charge is -2.21. The number of carbonyl (C=O) groups is 1. The van der Waals surface area contributed by atoms with Crippen molar-refractivity contribution in [3.8, 4) is 11.5 Å². The number of aromatic nitrogens is 4. The molecule has 2 aliphatic rings. The highest BCUT2D eigenvalue weighted by Gasteiger charge is 2.64. The van der Waals surface area contributed by atoms with E-state index in [1.54, 1.807) is 18.6 Å². The summed E-state index contributed by atoms with van der Waals surface area (Å²) in [6, 6.07) is 11.5. The second-order valence-electron chi connectivity index (χ2n) is 8.74. The molecule has 1 aromatic carbocycles. The van der Waals surface area contributed by atoms with Crippen LogP contribution in [-0.2, 0) is 4.79 Å². The van der Waals surface area contributed by atoms with E-state index >= 15 is 0 Å². The summed E-state index contributed by atoms with van der Waals surface area (Å²) in [6.45, 7) is 3.27. The number of rotatable bonds is 6. The molecule has 1 saturated carbocycles. The molecule has 3 aromatic heterocycles. The number of hydrogen-bond donors (Lipinski definition) is 2. The maximum absolute atomic E-state index is 11.9. The van der Waals surface area contributed by atoms with Gasteiger partial charge in [-0.05, 0) is 61.2 Å². The number of anilines is 3. The number of hydrogen-bond acceptors (Lipinski definition) is 8. The molecule has 3 N–H and O–H groups in total. The van der Waals surface area contributed by atoms with Gasteiger partial charge in [-0.3, -0.25) is 9.78 Å². The van der Waals surface area contributed by atoms with Crippen LogP contribution in [0.1, 0.15) is 5.56 Å². The number of carbonyl (C=O) groups excluding carboxylic acids is 1. The first-order valence-electron chi connectivity index (χ1n) is 11.0. The van der Waals surface area contributed by atoms with Crippen LogP contribution < -0.4 is 20.7 Å². The average molecular weight is 452 g/mol. The molecule has 0 spiro atoms. The third-order valence-corrected chi connectivity index (χ3v) is 6.51. The molecule has 1 aliphatic heterocycles. The van der Waals surface area contributed by atoms with E-state index in [9.17, 15) is 4.79 Å². The van der Waals surface area contributed by atoms with Crippen molar-refractivity contribution in [3.63, 3.8) is 0 Å². The van der Waals surface area contributed by atoms with Crippen LogP contribution in [0.3, 0.4) is 0 Å². The van der Waals surface area contributed by atoms with Gasteiger partial charge in [-0.2, -0.15) is 0 Å². The molecule has 169 valence electrons. The van der Waals surface area contributed by atoms with Gasteiger partial charge < -0.3 is 20.7 Å². The fourth-order valence-corrected chi connectivity index (χ4v) is 4.56. The zero-order valence-electron chi connectivity index (χ0n) is 18.5. The molecule has 9 heteroatoms. The fraction of sp³-hybridized carbons (Fsp3) is 0.200. The van der Waals surface area contributed by atoms with Crippen LogP contribution in [-0.4, -0.2) is 38.9 Å². The molecule has 9 nitrogen and oxygen atoms in total. The summed E-state index contributed by atoms with van der Waals surface area (Å²) in [5.41, 5.74) is 7.69. The Bertz CT molecular complexity index is 1410. The summed E-state index contributed by atoms with van der Waals surface area (Å²) in [5, 5.41) is 4.24. The van der Waals surface area contributed by atoms with Crippen molar-refractivity contribution in [2.24, 2.45) is 17.1 Å². The average Bonchev–Trinajstić information content (AvgIpc) is 3.42. The normalized spacial score (nSPS) is 20.7. The van der Waals surface area contributed by atoms with Crippen LogP contribution in [0.4, 0.5) is 17.3 Å². The highest BCUT2D eigenvalue weighted by atomic mass is 16.5. The third-order valence-electron chi connectivity index (χ3n) is 6.51. The Morgan fingerprint density at radius 2 is 2.12 bits per heavy atom. The summed E-state index contributed by atoms with van der Waals surface area (Å²) in [7, 11) is 0. The second-order valence-corrected chi connectivity index (χ2v) is 8.74. The van der Waals surface area contributed by atoms with Crippen molar-refractivity contribution in [1.82, 2.24) is 19.9 Å². The van der Waals surface area contributed by atoms with E-state index in [1.807, 2.05) is 49.7 Å². The van der Waals surface area contributed by atoms with Gasteiger partial charge in [0.1, 0.15) is 29.5 Å². The number of nitrogens with two attached hydrogens (primary N) is 1. The van der Waals surface area contributed by atoms with Gasteiger partial charge in [0, 0.05) is 30.4 Å². The molecule has 4 aromatic rings. The number of primary amides is 1. The van der Waals surface area contributed by atoms with E-state index in [0.29, 0.717) is 18.1 Å². The lowest BCUT2D eigenvalue weighted by molar-refractivity contribution is -0.122. The quantitative estimate of drug-likeness (QED) is 0.457. The van der Waals surface area contributed by atoms with Crippen LogP contribution in [0.15, 0.2) is 61.3 Å². The van der Waals surface area contributed by atoms with Crippen LogP contribution in [0.25, 0.3) is 10.9 Å². The Hall–Kier alpha value is -4.27. The Morgan fingerprint density at radius 3 is 2.88 bits per heavy atom. The zero-order chi connectivity index (χ0) is 23.3. The predicted molar refractivity (Wildman–Crippen MR) is 128 cm³/mol. The maximum Gasteiger partial charge on any atom is 0.226 e. The minimum atomic E-state index is -0.512. The minimum Gasteiger partial charge on any atom is -0.455 e. The van der Waals surface area contributed by atoms with E-state index in [-0.39, 0.29) is 11.8 Å². The SMILES string of the molecule is Cc1cc(Nc2ncnc3cnc(N4CC5[CH]C5(C(N)=O)C4)cc23)ccc1Oc1cccnc1. The van der Waals surface area contributed by atoms with E-state index in [2.05, 4.69) is 30.2 Å². The smallest absolute Gasteiger partial charge is 0.226 e. The molecule has 1 aliphatic carbocycles. The number of aryl methyl sites for hydroxylation is 1. The minimum absolute atomic E-state index is 0.197. The van der Waals surface area contributed by atoms with Crippen molar-refractivity contribution in [1.29, 1.82) is 0 Å². The molecule has 1 amide bonds. The highest BCUT2D eigenvalue weighted by molar-refractivity contribution is 5.93. The van der Waals surface area contributed by atoms with Gasteiger partial charge in [0.2, 0.25) is 5.91 Å². The number of nitrogens with zero attached hydrogens (tertiary/aromatic N) is 5. The number of fused-ring (bicyclic) bond motifs is 2. The van der Waals surface area contributed by atoms with Gasteiger partial charge in [-0.15, -0.1) is 0 Å². The monoisotopic (exact) mass is 452 g/mol. The number of nitrogens with one attached hydrogen (secondary N) is 1. The van der Waals surface area contributed by atoms with Gasteiger partial charge in [-0.1, -0.05) is 0 Å². The highest BCUT2D eigenvalue weighted by Crippen LogP contribution is 2.57. The predicted octanol–water partition coefficient (Wildman–Crippen LogP) is 3.39. The van der Waals surface area contributed by atoms with E-state index in [4.69, 9.17) is 10.5 Å². The number of piperidine rings is 1. The van der Waals surface area contributed by atoms with Crippen molar-refractivity contribution in [2.45, 2.75) is 6.92 Å². The van der Waals surface area contributed by atoms with E-state index in [1.165, 1.54) is 6.33 Å². The topological polar surface area (TPSA) is 119 Å². The summed E-state index contributed by atoms with van der Waals surface area (Å²) >= 11 is 0. The second kappa shape index (κ2) is 7.65.